The van der Waals surface area contributed by atoms with Crippen LogP contribution in [0.4, 0.5) is 13.2 Å². The molecule has 0 fully saturated rings. The van der Waals surface area contributed by atoms with Gasteiger partial charge >= 0.3 is 6.30 Å². The van der Waals surface area contributed by atoms with E-state index in [1.807, 2.05) is 0 Å². The molecule has 0 aromatic carbocycles. The molecule has 0 aliphatic heterocycles. The van der Waals surface area contributed by atoms with Crippen molar-refractivity contribution in [1.29, 1.82) is 0 Å². The van der Waals surface area contributed by atoms with E-state index in [0.29, 0.717) is 6.20 Å². The average Bonchev–Trinajstić information content (AvgIpc) is 1.83. The van der Waals surface area contributed by atoms with Gasteiger partial charge in [0, 0.05) is 17.2 Å². The van der Waals surface area contributed by atoms with Gasteiger partial charge in [0.1, 0.15) is 0 Å². The van der Waals surface area contributed by atoms with Gasteiger partial charge in [0.25, 0.3) is 5.56 Å². The maximum absolute atomic E-state index is 11.9. The predicted octanol–water partition coefficient (Wildman–Crippen LogP) is 1.61. The number of aromatic nitrogens is 1. The first-order chi connectivity index (χ1) is 5.41. The van der Waals surface area contributed by atoms with E-state index in [0.717, 1.165) is 12.1 Å². The van der Waals surface area contributed by atoms with Crippen LogP contribution in [0.15, 0.2) is 28.0 Å². The molecule has 2 nitrogen and oxygen atoms in total. The minimum Gasteiger partial charge on any atom is -0.269 e. The van der Waals surface area contributed by atoms with E-state index < -0.39 is 11.9 Å². The molecular formula is C6H4F3NOS. The van der Waals surface area contributed by atoms with Crippen molar-refractivity contribution in [2.75, 3.05) is 0 Å². The molecule has 0 N–H and O–H groups in total. The first kappa shape index (κ1) is 9.18. The number of alkyl halides is 3. The lowest BCUT2D eigenvalue weighted by Crippen LogP contribution is -2.29. The molecule has 1 aromatic heterocycles. The van der Waals surface area contributed by atoms with Gasteiger partial charge in [0.15, 0.2) is 0 Å². The SMILES string of the molecule is O=c1cc(S)ccn1C(F)(F)F. The zero-order valence-electron chi connectivity index (χ0n) is 5.67. The van der Waals surface area contributed by atoms with Crippen molar-refractivity contribution in [2.45, 2.75) is 11.2 Å². The lowest BCUT2D eigenvalue weighted by molar-refractivity contribution is -0.206. The van der Waals surface area contributed by atoms with Crippen molar-refractivity contribution < 1.29 is 13.2 Å². The molecule has 6 heteroatoms. The molecule has 0 saturated carbocycles. The molecule has 12 heavy (non-hydrogen) atoms. The Kier molecular flexibility index (Phi) is 2.18. The van der Waals surface area contributed by atoms with Gasteiger partial charge in [-0.25, -0.2) is 4.57 Å². The predicted molar refractivity (Wildman–Crippen MR) is 39.3 cm³/mol. The summed E-state index contributed by atoms with van der Waals surface area (Å²) in [5.41, 5.74) is -1.13. The number of nitrogens with zero attached hydrogens (tertiary/aromatic N) is 1. The second-order valence-electron chi connectivity index (χ2n) is 2.06. The Labute approximate surface area is 71.0 Å². The van der Waals surface area contributed by atoms with Crippen molar-refractivity contribution in [3.05, 3.63) is 28.7 Å². The second kappa shape index (κ2) is 2.85. The Morgan fingerprint density at radius 3 is 2.42 bits per heavy atom. The summed E-state index contributed by atoms with van der Waals surface area (Å²) in [6.07, 6.45) is -4.01. The fraction of sp³-hybridized carbons (Fsp3) is 0.167. The number of pyridine rings is 1. The van der Waals surface area contributed by atoms with Gasteiger partial charge < -0.3 is 0 Å². The molecule has 0 amide bonds. The van der Waals surface area contributed by atoms with Crippen LogP contribution in [0.5, 0.6) is 0 Å². The quantitative estimate of drug-likeness (QED) is 0.624. The van der Waals surface area contributed by atoms with Crippen molar-refractivity contribution in [1.82, 2.24) is 4.57 Å². The van der Waals surface area contributed by atoms with E-state index in [-0.39, 0.29) is 9.46 Å². The van der Waals surface area contributed by atoms with Crippen LogP contribution >= 0.6 is 12.6 Å². The zero-order chi connectivity index (χ0) is 9.35. The minimum absolute atomic E-state index is 0.209. The van der Waals surface area contributed by atoms with Gasteiger partial charge in [-0.05, 0) is 6.07 Å². The van der Waals surface area contributed by atoms with E-state index in [4.69, 9.17) is 0 Å². The van der Waals surface area contributed by atoms with E-state index >= 15 is 0 Å². The minimum atomic E-state index is -4.65. The molecule has 0 spiro atoms. The van der Waals surface area contributed by atoms with Crippen molar-refractivity contribution in [3.8, 4) is 0 Å². The normalized spacial score (nSPS) is 11.7. The molecule has 0 radical (unpaired) electrons. The Balaban J connectivity index is 3.29. The van der Waals surface area contributed by atoms with E-state index in [1.54, 1.807) is 0 Å². The smallest absolute Gasteiger partial charge is 0.269 e. The molecule has 0 saturated heterocycles. The number of hydrogen-bond donors (Lipinski definition) is 1. The van der Waals surface area contributed by atoms with Crippen LogP contribution in [-0.2, 0) is 6.30 Å². The lowest BCUT2D eigenvalue weighted by Gasteiger charge is -2.08. The third-order valence-electron chi connectivity index (χ3n) is 1.18. The molecule has 1 aromatic rings. The summed E-state index contributed by atoms with van der Waals surface area (Å²) < 4.78 is 35.4. The van der Waals surface area contributed by atoms with Crippen LogP contribution < -0.4 is 5.56 Å². The van der Waals surface area contributed by atoms with Crippen LogP contribution in [0, 0.1) is 0 Å². The van der Waals surface area contributed by atoms with Crippen LogP contribution in [0.3, 0.4) is 0 Å². The highest BCUT2D eigenvalue weighted by molar-refractivity contribution is 7.80. The lowest BCUT2D eigenvalue weighted by atomic mass is 10.5. The molecule has 0 unspecified atom stereocenters. The zero-order valence-corrected chi connectivity index (χ0v) is 6.56. The summed E-state index contributed by atoms with van der Waals surface area (Å²) in [4.78, 5) is 10.9. The molecule has 0 aliphatic rings. The number of hydrogen-bond acceptors (Lipinski definition) is 2. The molecule has 0 aliphatic carbocycles. The molecule has 0 atom stereocenters. The number of thiol groups is 1. The highest BCUT2D eigenvalue weighted by Gasteiger charge is 2.31. The standard InChI is InChI=1S/C6H4F3NOS/c7-6(8,9)10-2-1-4(12)3-5(10)11/h1-3,12H. The summed E-state index contributed by atoms with van der Waals surface area (Å²) in [6, 6.07) is 1.90. The van der Waals surface area contributed by atoms with Gasteiger partial charge in [-0.3, -0.25) is 4.79 Å². The van der Waals surface area contributed by atoms with Gasteiger partial charge in [0.05, 0.1) is 0 Å². The number of halogens is 3. The van der Waals surface area contributed by atoms with Gasteiger partial charge in [-0.1, -0.05) is 0 Å². The summed E-state index contributed by atoms with van der Waals surface area (Å²) >= 11 is 3.72. The Morgan fingerprint density at radius 1 is 1.42 bits per heavy atom. The van der Waals surface area contributed by atoms with Gasteiger partial charge in [-0.2, -0.15) is 0 Å². The number of rotatable bonds is 0. The largest absolute Gasteiger partial charge is 0.491 e. The Morgan fingerprint density at radius 2 is 2.00 bits per heavy atom. The highest BCUT2D eigenvalue weighted by Crippen LogP contribution is 2.19. The van der Waals surface area contributed by atoms with Crippen LogP contribution in [0.2, 0.25) is 0 Å². The summed E-state index contributed by atoms with van der Waals surface area (Å²) in [5.74, 6) is 0. The molecule has 1 rings (SSSR count). The van der Waals surface area contributed by atoms with Crippen molar-refractivity contribution >= 4 is 12.6 Å². The Bertz CT molecular complexity index is 343. The third-order valence-corrected chi connectivity index (χ3v) is 1.45. The third kappa shape index (κ3) is 1.82. The maximum atomic E-state index is 11.9. The molecule has 0 bridgehead atoms. The summed E-state index contributed by atoms with van der Waals surface area (Å²) in [7, 11) is 0. The van der Waals surface area contributed by atoms with E-state index in [9.17, 15) is 18.0 Å². The van der Waals surface area contributed by atoms with Crippen LogP contribution in [0.25, 0.3) is 0 Å². The summed E-state index contributed by atoms with van der Waals surface area (Å²) in [6.45, 7) is 0. The summed E-state index contributed by atoms with van der Waals surface area (Å²) in [5, 5.41) is 0. The fourth-order valence-electron chi connectivity index (χ4n) is 0.678. The van der Waals surface area contributed by atoms with Crippen LogP contribution in [0.1, 0.15) is 0 Å². The first-order valence-corrected chi connectivity index (χ1v) is 3.35. The van der Waals surface area contributed by atoms with Crippen molar-refractivity contribution in [3.63, 3.8) is 0 Å². The maximum Gasteiger partial charge on any atom is 0.491 e. The van der Waals surface area contributed by atoms with Crippen molar-refractivity contribution in [2.24, 2.45) is 0 Å². The molecule has 1 heterocycles. The molecular weight excluding hydrogens is 191 g/mol. The first-order valence-electron chi connectivity index (χ1n) is 2.90. The van der Waals surface area contributed by atoms with Gasteiger partial charge in [0.2, 0.25) is 0 Å². The van der Waals surface area contributed by atoms with Gasteiger partial charge in [-0.15, -0.1) is 25.8 Å². The van der Waals surface area contributed by atoms with E-state index in [2.05, 4.69) is 12.6 Å². The van der Waals surface area contributed by atoms with E-state index in [1.165, 1.54) is 0 Å². The second-order valence-corrected chi connectivity index (χ2v) is 2.58. The van der Waals surface area contributed by atoms with Crippen LogP contribution in [-0.4, -0.2) is 4.57 Å². The monoisotopic (exact) mass is 195 g/mol. The molecule has 66 valence electrons. The topological polar surface area (TPSA) is 22.0 Å². The Hall–Kier alpha value is -0.910. The highest BCUT2D eigenvalue weighted by atomic mass is 32.1. The fourth-order valence-corrected chi connectivity index (χ4v) is 0.855. The average molecular weight is 195 g/mol.